The lowest BCUT2D eigenvalue weighted by atomic mass is 9.82. The monoisotopic (exact) mass is 643 g/mol. The highest BCUT2D eigenvalue weighted by Gasteiger charge is 2.30. The van der Waals surface area contributed by atoms with Crippen molar-refractivity contribution in [2.45, 2.75) is 71.6 Å². The van der Waals surface area contributed by atoms with Gasteiger partial charge in [-0.2, -0.15) is 0 Å². The van der Waals surface area contributed by atoms with Crippen molar-refractivity contribution < 1.29 is 0 Å². The smallest absolute Gasteiger partial charge is 0.166 e. The Balaban J connectivity index is 1.35. The van der Waals surface area contributed by atoms with Crippen molar-refractivity contribution in [2.24, 2.45) is 0 Å². The van der Waals surface area contributed by atoms with Crippen LogP contribution in [0.2, 0.25) is 0 Å². The van der Waals surface area contributed by atoms with Gasteiger partial charge in [-0.25, -0.2) is 19.9 Å². The molecule has 0 unspecified atom stereocenters. The molecule has 0 bridgehead atoms. The van der Waals surface area contributed by atoms with E-state index in [1.165, 1.54) is 0 Å². The number of aromatic nitrogens is 7. The van der Waals surface area contributed by atoms with Crippen LogP contribution in [0.25, 0.3) is 55.6 Å². The second-order valence-electron chi connectivity index (χ2n) is 15.6. The molecular formula is C42H41N7. The molecule has 0 aliphatic heterocycles. The number of pyridine rings is 3. The zero-order valence-electron chi connectivity index (χ0n) is 29.4. The van der Waals surface area contributed by atoms with Crippen molar-refractivity contribution in [3.63, 3.8) is 0 Å². The van der Waals surface area contributed by atoms with Crippen LogP contribution in [0.4, 0.5) is 0 Å². The molecule has 0 radical (unpaired) electrons. The molecule has 49 heavy (non-hydrogen) atoms. The third kappa shape index (κ3) is 4.98. The number of hydrogen-bond donors (Lipinski definition) is 0. The Hall–Kier alpha value is -5.43. The zero-order chi connectivity index (χ0) is 34.3. The standard InChI is InChI=1S/C42H41N7/c1-40(2,3)32-21-19-29-36(45-32)35-31(48(29)27-15-11-9-12-16-27)23-26(24-43-35)42(7,8)34-25-44-38-37-30(20-22-33(46-37)41(4,5)6)49(39(38)47-34)28-17-13-10-14-18-28/h9-25H,1-8H3. The van der Waals surface area contributed by atoms with Crippen molar-refractivity contribution >= 4 is 44.3 Å². The van der Waals surface area contributed by atoms with Gasteiger partial charge in [0, 0.05) is 45.2 Å². The summed E-state index contributed by atoms with van der Waals surface area (Å²) < 4.78 is 4.46. The summed E-state index contributed by atoms with van der Waals surface area (Å²) in [4.78, 5) is 25.9. The van der Waals surface area contributed by atoms with E-state index >= 15 is 0 Å². The van der Waals surface area contributed by atoms with E-state index in [1.54, 1.807) is 0 Å². The van der Waals surface area contributed by atoms with Gasteiger partial charge in [-0.1, -0.05) is 91.8 Å². The molecule has 244 valence electrons. The van der Waals surface area contributed by atoms with Gasteiger partial charge in [-0.05, 0) is 60.2 Å². The molecule has 6 aromatic heterocycles. The summed E-state index contributed by atoms with van der Waals surface area (Å²) in [5.41, 5.74) is 12.6. The van der Waals surface area contributed by atoms with Crippen molar-refractivity contribution in [3.8, 4) is 11.4 Å². The average Bonchev–Trinajstić information content (AvgIpc) is 3.59. The Bertz CT molecular complexity index is 2350. The van der Waals surface area contributed by atoms with Gasteiger partial charge in [0.05, 0.1) is 28.4 Å². The van der Waals surface area contributed by atoms with Crippen LogP contribution in [-0.2, 0) is 16.2 Å². The fourth-order valence-corrected chi connectivity index (χ4v) is 6.69. The predicted octanol–water partition coefficient (Wildman–Crippen LogP) is 9.78. The molecule has 0 saturated carbocycles. The number of fused-ring (bicyclic) bond motifs is 6. The number of benzene rings is 2. The maximum absolute atomic E-state index is 5.38. The van der Waals surface area contributed by atoms with Gasteiger partial charge in [0.15, 0.2) is 5.65 Å². The topological polar surface area (TPSA) is 74.3 Å². The first-order valence-corrected chi connectivity index (χ1v) is 16.9. The maximum atomic E-state index is 5.38. The lowest BCUT2D eigenvalue weighted by Gasteiger charge is -2.24. The van der Waals surface area contributed by atoms with E-state index in [0.717, 1.165) is 78.3 Å². The van der Waals surface area contributed by atoms with Gasteiger partial charge in [-0.15, -0.1) is 0 Å². The normalized spacial score (nSPS) is 12.9. The molecule has 0 fully saturated rings. The zero-order valence-corrected chi connectivity index (χ0v) is 29.4. The molecule has 0 amide bonds. The highest BCUT2D eigenvalue weighted by atomic mass is 15.1. The largest absolute Gasteiger partial charge is 0.306 e. The van der Waals surface area contributed by atoms with Crippen LogP contribution in [0, 0.1) is 0 Å². The van der Waals surface area contributed by atoms with Crippen molar-refractivity contribution in [3.05, 3.63) is 126 Å². The van der Waals surface area contributed by atoms with Gasteiger partial charge < -0.3 is 4.57 Å². The Kier molecular flexibility index (Phi) is 6.80. The molecule has 0 aliphatic rings. The van der Waals surface area contributed by atoms with Gasteiger partial charge in [0.25, 0.3) is 0 Å². The molecule has 7 heteroatoms. The Morgan fingerprint density at radius 1 is 0.449 bits per heavy atom. The second kappa shape index (κ2) is 10.8. The molecule has 0 saturated heterocycles. The lowest BCUT2D eigenvalue weighted by Crippen LogP contribution is -2.21. The molecule has 0 atom stereocenters. The third-order valence-corrected chi connectivity index (χ3v) is 9.68. The van der Waals surface area contributed by atoms with Crippen LogP contribution >= 0.6 is 0 Å². The fraction of sp³-hybridized carbons (Fsp3) is 0.262. The molecular weight excluding hydrogens is 603 g/mol. The SMILES string of the molecule is CC(C)(C)c1ccc2c(n1)c1ncc(C(C)(C)c3cnc4c5nc(C(C)(C)C)ccc5n(-c5ccccc5)c4n3)cc1n2-c1ccccc1. The minimum absolute atomic E-state index is 0.0827. The quantitative estimate of drug-likeness (QED) is 0.191. The van der Waals surface area contributed by atoms with Crippen molar-refractivity contribution in [2.75, 3.05) is 0 Å². The highest BCUT2D eigenvalue weighted by Crippen LogP contribution is 2.38. The minimum atomic E-state index is -0.522. The number of rotatable bonds is 4. The summed E-state index contributed by atoms with van der Waals surface area (Å²) in [6, 6.07) is 31.7. The Morgan fingerprint density at radius 2 is 0.959 bits per heavy atom. The van der Waals surface area contributed by atoms with E-state index in [-0.39, 0.29) is 10.8 Å². The van der Waals surface area contributed by atoms with E-state index in [1.807, 2.05) is 24.5 Å². The summed E-state index contributed by atoms with van der Waals surface area (Å²) in [6.45, 7) is 17.5. The summed E-state index contributed by atoms with van der Waals surface area (Å²) >= 11 is 0. The first-order valence-electron chi connectivity index (χ1n) is 16.9. The number of nitrogens with zero attached hydrogens (tertiary/aromatic N) is 7. The van der Waals surface area contributed by atoms with Gasteiger partial charge in [-0.3, -0.25) is 9.55 Å². The van der Waals surface area contributed by atoms with Crippen LogP contribution in [0.15, 0.2) is 103 Å². The average molecular weight is 644 g/mol. The van der Waals surface area contributed by atoms with Crippen LogP contribution in [0.5, 0.6) is 0 Å². The summed E-state index contributed by atoms with van der Waals surface area (Å²) in [5.74, 6) is 0. The van der Waals surface area contributed by atoms with Gasteiger partial charge in [0.1, 0.15) is 22.1 Å². The van der Waals surface area contributed by atoms with E-state index < -0.39 is 5.41 Å². The van der Waals surface area contributed by atoms with Gasteiger partial charge in [0.2, 0.25) is 0 Å². The second-order valence-corrected chi connectivity index (χ2v) is 15.6. The molecule has 0 N–H and O–H groups in total. The molecule has 6 heterocycles. The minimum Gasteiger partial charge on any atom is -0.306 e. The van der Waals surface area contributed by atoms with Crippen LogP contribution in [0.1, 0.15) is 78.0 Å². The molecule has 0 aliphatic carbocycles. The lowest BCUT2D eigenvalue weighted by molar-refractivity contribution is 0.571. The molecule has 0 spiro atoms. The molecule has 7 nitrogen and oxygen atoms in total. The number of hydrogen-bond acceptors (Lipinski definition) is 5. The van der Waals surface area contributed by atoms with E-state index in [9.17, 15) is 0 Å². The Labute approximate surface area is 286 Å². The summed E-state index contributed by atoms with van der Waals surface area (Å²) in [5, 5.41) is 0. The maximum Gasteiger partial charge on any atom is 0.166 e. The van der Waals surface area contributed by atoms with E-state index in [4.69, 9.17) is 24.9 Å². The predicted molar refractivity (Wildman–Crippen MR) is 200 cm³/mol. The highest BCUT2D eigenvalue weighted by molar-refractivity contribution is 6.05. The third-order valence-electron chi connectivity index (χ3n) is 9.68. The molecule has 8 aromatic rings. The van der Waals surface area contributed by atoms with E-state index in [2.05, 4.69) is 143 Å². The van der Waals surface area contributed by atoms with Crippen LogP contribution in [0.3, 0.4) is 0 Å². The Morgan fingerprint density at radius 3 is 1.53 bits per heavy atom. The van der Waals surface area contributed by atoms with Crippen LogP contribution in [-0.4, -0.2) is 34.1 Å². The van der Waals surface area contributed by atoms with Crippen molar-refractivity contribution in [1.29, 1.82) is 0 Å². The summed E-state index contributed by atoms with van der Waals surface area (Å²) in [7, 11) is 0. The molecule has 8 rings (SSSR count). The van der Waals surface area contributed by atoms with E-state index in [0.29, 0.717) is 0 Å². The molecule has 2 aromatic carbocycles. The first-order chi connectivity index (χ1) is 23.3. The van der Waals surface area contributed by atoms with Crippen LogP contribution < -0.4 is 0 Å². The fourth-order valence-electron chi connectivity index (χ4n) is 6.69. The first kappa shape index (κ1) is 30.9. The summed E-state index contributed by atoms with van der Waals surface area (Å²) in [6.07, 6.45) is 3.90. The van der Waals surface area contributed by atoms with Gasteiger partial charge >= 0.3 is 0 Å². The van der Waals surface area contributed by atoms with Crippen molar-refractivity contribution in [1.82, 2.24) is 34.1 Å². The number of para-hydroxylation sites is 2.